The third-order valence-corrected chi connectivity index (χ3v) is 6.43. The maximum atomic E-state index is 12.0. The second kappa shape index (κ2) is 11.3. The van der Waals surface area contributed by atoms with Crippen LogP contribution in [0.4, 0.5) is 0 Å². The van der Waals surface area contributed by atoms with Gasteiger partial charge in [-0.2, -0.15) is 4.98 Å². The second-order valence-corrected chi connectivity index (χ2v) is 9.16. The standard InChI is InChI=1S/C27H39N3O2/c1-10-18(4)23(12-11-17(2)3)20(6)19(5)16-32-27-25(15-28-22(8)29-27)24-13-14-26(31)30(9)21(24)7/h11-15,18-20H,10,16H2,1-9H3. The highest BCUT2D eigenvalue weighted by Gasteiger charge is 2.22. The summed E-state index contributed by atoms with van der Waals surface area (Å²) >= 11 is 0. The molecular formula is C27H39N3O2. The number of hydrogen-bond acceptors (Lipinski definition) is 4. The molecule has 174 valence electrons. The largest absolute Gasteiger partial charge is 0.477 e. The second-order valence-electron chi connectivity index (χ2n) is 9.16. The molecule has 0 aliphatic rings. The number of aryl methyl sites for hydroxylation is 1. The molecule has 0 radical (unpaired) electrons. The Hall–Kier alpha value is -2.69. The predicted molar refractivity (Wildman–Crippen MR) is 133 cm³/mol. The molecule has 0 amide bonds. The number of allylic oxidation sites excluding steroid dienone is 4. The van der Waals surface area contributed by atoms with Crippen LogP contribution in [0.1, 0.15) is 59.5 Å². The van der Waals surface area contributed by atoms with Crippen molar-refractivity contribution in [3.05, 3.63) is 63.5 Å². The number of nitrogens with zero attached hydrogens (tertiary/aromatic N) is 3. The van der Waals surface area contributed by atoms with Crippen LogP contribution in [0.25, 0.3) is 11.1 Å². The summed E-state index contributed by atoms with van der Waals surface area (Å²) in [7, 11) is 1.77. The van der Waals surface area contributed by atoms with E-state index in [-0.39, 0.29) is 5.56 Å². The molecular weight excluding hydrogens is 398 g/mol. The van der Waals surface area contributed by atoms with Gasteiger partial charge in [-0.05, 0) is 57.9 Å². The zero-order valence-corrected chi connectivity index (χ0v) is 21.2. The molecule has 2 heterocycles. The van der Waals surface area contributed by atoms with E-state index >= 15 is 0 Å². The Morgan fingerprint density at radius 2 is 1.81 bits per heavy atom. The summed E-state index contributed by atoms with van der Waals surface area (Å²) < 4.78 is 7.92. The first kappa shape index (κ1) is 25.6. The smallest absolute Gasteiger partial charge is 0.250 e. The Morgan fingerprint density at radius 3 is 2.44 bits per heavy atom. The Labute approximate surface area is 193 Å². The molecule has 3 atom stereocenters. The van der Waals surface area contributed by atoms with Crippen molar-refractivity contribution in [3.63, 3.8) is 0 Å². The number of aromatic nitrogens is 3. The summed E-state index contributed by atoms with van der Waals surface area (Å²) in [4.78, 5) is 20.9. The fraction of sp³-hybridized carbons (Fsp3) is 0.519. The van der Waals surface area contributed by atoms with Crippen LogP contribution in [0.15, 0.2) is 46.4 Å². The number of hydrogen-bond donors (Lipinski definition) is 0. The van der Waals surface area contributed by atoms with E-state index in [9.17, 15) is 4.79 Å². The van der Waals surface area contributed by atoms with Crippen LogP contribution in [0.2, 0.25) is 0 Å². The first-order chi connectivity index (χ1) is 15.1. The lowest BCUT2D eigenvalue weighted by molar-refractivity contribution is 0.217. The first-order valence-electron chi connectivity index (χ1n) is 11.5. The SMILES string of the molecule is CCC(C)C(=CC=C(C)C)C(C)C(C)COc1nc(C)ncc1-c1ccc(=O)n(C)c1C. The van der Waals surface area contributed by atoms with E-state index in [4.69, 9.17) is 4.74 Å². The molecule has 5 heteroatoms. The Kier molecular flexibility index (Phi) is 8.99. The zero-order chi connectivity index (χ0) is 24.0. The molecule has 2 rings (SSSR count). The molecule has 0 aliphatic carbocycles. The monoisotopic (exact) mass is 437 g/mol. The quantitative estimate of drug-likeness (QED) is 0.448. The fourth-order valence-corrected chi connectivity index (χ4v) is 3.71. The third-order valence-electron chi connectivity index (χ3n) is 6.43. The van der Waals surface area contributed by atoms with Gasteiger partial charge in [-0.1, -0.05) is 51.0 Å². The summed E-state index contributed by atoms with van der Waals surface area (Å²) in [5.74, 6) is 2.44. The topological polar surface area (TPSA) is 57.0 Å². The molecule has 3 unspecified atom stereocenters. The van der Waals surface area contributed by atoms with E-state index in [1.165, 1.54) is 11.1 Å². The third kappa shape index (κ3) is 6.18. The molecule has 0 spiro atoms. The van der Waals surface area contributed by atoms with Crippen LogP contribution >= 0.6 is 0 Å². The van der Waals surface area contributed by atoms with Gasteiger partial charge in [0.15, 0.2) is 0 Å². The van der Waals surface area contributed by atoms with Crippen molar-refractivity contribution in [2.45, 2.75) is 61.8 Å². The lowest BCUT2D eigenvalue weighted by Gasteiger charge is -2.27. The molecule has 5 nitrogen and oxygen atoms in total. The van der Waals surface area contributed by atoms with Crippen LogP contribution in [0, 0.1) is 31.6 Å². The maximum Gasteiger partial charge on any atom is 0.250 e. The summed E-state index contributed by atoms with van der Waals surface area (Å²) in [6, 6.07) is 3.40. The zero-order valence-electron chi connectivity index (χ0n) is 21.2. The van der Waals surface area contributed by atoms with Gasteiger partial charge in [0.2, 0.25) is 11.4 Å². The predicted octanol–water partition coefficient (Wildman–Crippen LogP) is 6.05. The van der Waals surface area contributed by atoms with Crippen molar-refractivity contribution < 1.29 is 4.74 Å². The molecule has 0 N–H and O–H groups in total. The lowest BCUT2D eigenvalue weighted by atomic mass is 9.81. The normalized spacial score (nSPS) is 14.6. The average molecular weight is 438 g/mol. The van der Waals surface area contributed by atoms with E-state index in [0.717, 1.165) is 23.2 Å². The van der Waals surface area contributed by atoms with Crippen molar-refractivity contribution in [3.8, 4) is 17.0 Å². The van der Waals surface area contributed by atoms with Crippen molar-refractivity contribution >= 4 is 0 Å². The van der Waals surface area contributed by atoms with Crippen LogP contribution in [-0.2, 0) is 7.05 Å². The van der Waals surface area contributed by atoms with E-state index in [1.54, 1.807) is 23.9 Å². The summed E-state index contributed by atoms with van der Waals surface area (Å²) in [6.45, 7) is 17.6. The summed E-state index contributed by atoms with van der Waals surface area (Å²) in [5, 5.41) is 0. The van der Waals surface area contributed by atoms with Gasteiger partial charge in [-0.25, -0.2) is 4.98 Å². The molecule has 2 aromatic heterocycles. The van der Waals surface area contributed by atoms with E-state index in [1.807, 2.05) is 19.9 Å². The fourth-order valence-electron chi connectivity index (χ4n) is 3.71. The molecule has 32 heavy (non-hydrogen) atoms. The minimum Gasteiger partial charge on any atom is -0.477 e. The van der Waals surface area contributed by atoms with E-state index in [0.29, 0.717) is 36.1 Å². The molecule has 2 aromatic rings. The van der Waals surface area contributed by atoms with Gasteiger partial charge in [0.25, 0.3) is 0 Å². The number of ether oxygens (including phenoxy) is 1. The lowest BCUT2D eigenvalue weighted by Crippen LogP contribution is -2.22. The van der Waals surface area contributed by atoms with Gasteiger partial charge in [0.05, 0.1) is 12.2 Å². The number of pyridine rings is 1. The maximum absolute atomic E-state index is 12.0. The minimum absolute atomic E-state index is 0.0371. The Bertz CT molecular complexity index is 1050. The number of rotatable bonds is 9. The summed E-state index contributed by atoms with van der Waals surface area (Å²) in [5.41, 5.74) is 5.30. The Morgan fingerprint density at radius 1 is 1.12 bits per heavy atom. The molecule has 0 saturated carbocycles. The van der Waals surface area contributed by atoms with Crippen molar-refractivity contribution in [2.24, 2.45) is 24.8 Å². The summed E-state index contributed by atoms with van der Waals surface area (Å²) in [6.07, 6.45) is 7.40. The van der Waals surface area contributed by atoms with Gasteiger partial charge in [-0.3, -0.25) is 4.79 Å². The van der Waals surface area contributed by atoms with Crippen LogP contribution in [0.3, 0.4) is 0 Å². The van der Waals surface area contributed by atoms with Crippen molar-refractivity contribution in [1.29, 1.82) is 0 Å². The van der Waals surface area contributed by atoms with Crippen molar-refractivity contribution in [2.75, 3.05) is 6.61 Å². The molecule has 0 aliphatic heterocycles. The minimum atomic E-state index is -0.0371. The van der Waals surface area contributed by atoms with Gasteiger partial charge in [-0.15, -0.1) is 0 Å². The molecule has 0 bridgehead atoms. The van der Waals surface area contributed by atoms with Gasteiger partial charge in [0, 0.05) is 30.6 Å². The Balaban J connectivity index is 2.31. The molecule has 0 saturated heterocycles. The van der Waals surface area contributed by atoms with E-state index < -0.39 is 0 Å². The molecule has 0 aromatic carbocycles. The van der Waals surface area contributed by atoms with Crippen LogP contribution in [0.5, 0.6) is 5.88 Å². The van der Waals surface area contributed by atoms with Gasteiger partial charge < -0.3 is 9.30 Å². The van der Waals surface area contributed by atoms with Crippen LogP contribution < -0.4 is 10.3 Å². The molecule has 0 fully saturated rings. The average Bonchev–Trinajstić information content (AvgIpc) is 2.76. The van der Waals surface area contributed by atoms with Crippen LogP contribution in [-0.4, -0.2) is 21.1 Å². The first-order valence-corrected chi connectivity index (χ1v) is 11.5. The highest BCUT2D eigenvalue weighted by molar-refractivity contribution is 5.69. The van der Waals surface area contributed by atoms with Gasteiger partial charge in [0.1, 0.15) is 5.82 Å². The highest BCUT2D eigenvalue weighted by atomic mass is 16.5. The van der Waals surface area contributed by atoms with Gasteiger partial charge >= 0.3 is 0 Å². The van der Waals surface area contributed by atoms with E-state index in [2.05, 4.69) is 63.7 Å². The highest BCUT2D eigenvalue weighted by Crippen LogP contribution is 2.32. The van der Waals surface area contributed by atoms with Crippen molar-refractivity contribution in [1.82, 2.24) is 14.5 Å².